The normalized spacial score (nSPS) is 20.9. The SMILES string of the molecule is O=C(c1ccc(Cn2ccnc2)cc1)N1CCN(C(=O)[C@H]2C[C@H]2c2cccs2)CC1. The van der Waals surface area contributed by atoms with E-state index in [1.165, 1.54) is 4.88 Å². The molecule has 7 heteroatoms. The van der Waals surface area contributed by atoms with Crippen LogP contribution in [-0.2, 0) is 11.3 Å². The number of hydrogen-bond donors (Lipinski definition) is 0. The molecule has 0 N–H and O–H groups in total. The van der Waals surface area contributed by atoms with Crippen LogP contribution in [0.2, 0.25) is 0 Å². The first-order chi connectivity index (χ1) is 14.7. The van der Waals surface area contributed by atoms with Crippen molar-refractivity contribution >= 4 is 23.2 Å². The number of piperazine rings is 1. The lowest BCUT2D eigenvalue weighted by atomic mass is 10.1. The van der Waals surface area contributed by atoms with Gasteiger partial charge < -0.3 is 14.4 Å². The second-order valence-corrected chi connectivity index (χ2v) is 8.99. The standard InChI is InChI=1S/C23H24N4O2S/c28-22(18-5-3-17(4-6-18)15-25-8-7-24-16-25)26-9-11-27(12-10-26)23(29)20-14-19(20)21-2-1-13-30-21/h1-8,13,16,19-20H,9-12,14-15H2/t19-,20+/m1/s1. The third-order valence-electron chi connectivity index (χ3n) is 6.02. The van der Waals surface area contributed by atoms with Gasteiger partial charge in [-0.1, -0.05) is 18.2 Å². The molecule has 5 rings (SSSR count). The zero-order chi connectivity index (χ0) is 20.5. The molecule has 1 saturated heterocycles. The topological polar surface area (TPSA) is 58.4 Å². The van der Waals surface area contributed by atoms with E-state index in [1.54, 1.807) is 23.9 Å². The Morgan fingerprint density at radius 3 is 2.47 bits per heavy atom. The number of nitrogens with zero attached hydrogens (tertiary/aromatic N) is 4. The van der Waals surface area contributed by atoms with Crippen LogP contribution in [0, 0.1) is 5.92 Å². The lowest BCUT2D eigenvalue weighted by Gasteiger charge is -2.35. The Morgan fingerprint density at radius 2 is 1.80 bits per heavy atom. The Kier molecular flexibility index (Phi) is 5.12. The molecule has 0 spiro atoms. The second kappa shape index (κ2) is 8.07. The Bertz CT molecular complexity index is 1010. The quantitative estimate of drug-likeness (QED) is 0.637. The zero-order valence-electron chi connectivity index (χ0n) is 16.7. The summed E-state index contributed by atoms with van der Waals surface area (Å²) in [6.07, 6.45) is 6.42. The molecule has 1 aliphatic carbocycles. The highest BCUT2D eigenvalue weighted by Gasteiger charge is 2.46. The molecule has 6 nitrogen and oxygen atoms in total. The minimum Gasteiger partial charge on any atom is -0.339 e. The molecule has 3 heterocycles. The van der Waals surface area contributed by atoms with Crippen LogP contribution in [0.3, 0.4) is 0 Å². The lowest BCUT2D eigenvalue weighted by Crippen LogP contribution is -2.51. The van der Waals surface area contributed by atoms with Crippen molar-refractivity contribution in [3.05, 3.63) is 76.5 Å². The molecule has 2 aromatic heterocycles. The minimum atomic E-state index is 0.0409. The molecule has 2 atom stereocenters. The van der Waals surface area contributed by atoms with Gasteiger partial charge in [0.25, 0.3) is 5.91 Å². The highest BCUT2D eigenvalue weighted by molar-refractivity contribution is 7.10. The summed E-state index contributed by atoms with van der Waals surface area (Å²) in [6.45, 7) is 3.17. The van der Waals surface area contributed by atoms with E-state index in [0.717, 1.165) is 18.5 Å². The summed E-state index contributed by atoms with van der Waals surface area (Å²) in [7, 11) is 0. The average molecular weight is 421 g/mol. The number of amides is 2. The maximum Gasteiger partial charge on any atom is 0.253 e. The van der Waals surface area contributed by atoms with Gasteiger partial charge >= 0.3 is 0 Å². The van der Waals surface area contributed by atoms with Gasteiger partial charge in [-0.25, -0.2) is 4.98 Å². The molecule has 0 radical (unpaired) electrons. The van der Waals surface area contributed by atoms with Gasteiger partial charge in [-0.05, 0) is 35.6 Å². The molecular formula is C23H24N4O2S. The summed E-state index contributed by atoms with van der Waals surface area (Å²) in [5.74, 6) is 0.829. The first-order valence-electron chi connectivity index (χ1n) is 10.3. The van der Waals surface area contributed by atoms with Gasteiger partial charge in [-0.15, -0.1) is 11.3 Å². The molecule has 2 aliphatic rings. The highest BCUT2D eigenvalue weighted by atomic mass is 32.1. The van der Waals surface area contributed by atoms with Gasteiger partial charge in [0.2, 0.25) is 5.91 Å². The fourth-order valence-electron chi connectivity index (χ4n) is 4.18. The smallest absolute Gasteiger partial charge is 0.253 e. The van der Waals surface area contributed by atoms with Crippen LogP contribution in [0.1, 0.15) is 33.1 Å². The molecule has 1 aliphatic heterocycles. The van der Waals surface area contributed by atoms with Crippen LogP contribution in [0.25, 0.3) is 0 Å². The fraction of sp³-hybridized carbons (Fsp3) is 0.348. The zero-order valence-corrected chi connectivity index (χ0v) is 17.5. The van der Waals surface area contributed by atoms with Crippen molar-refractivity contribution in [2.45, 2.75) is 18.9 Å². The van der Waals surface area contributed by atoms with Crippen molar-refractivity contribution in [2.75, 3.05) is 26.2 Å². The average Bonchev–Trinajstić information content (AvgIpc) is 3.16. The van der Waals surface area contributed by atoms with E-state index in [9.17, 15) is 9.59 Å². The van der Waals surface area contributed by atoms with E-state index in [0.29, 0.717) is 37.7 Å². The summed E-state index contributed by atoms with van der Waals surface area (Å²) < 4.78 is 2.00. The number of benzene rings is 1. The number of rotatable bonds is 5. The number of aromatic nitrogens is 2. The number of thiophene rings is 1. The third kappa shape index (κ3) is 3.89. The molecule has 3 aromatic rings. The Hall–Kier alpha value is -2.93. The molecule has 2 fully saturated rings. The van der Waals surface area contributed by atoms with E-state index in [4.69, 9.17) is 0 Å². The third-order valence-corrected chi connectivity index (χ3v) is 7.02. The maximum absolute atomic E-state index is 12.9. The molecule has 1 saturated carbocycles. The molecule has 0 bridgehead atoms. The van der Waals surface area contributed by atoms with Crippen molar-refractivity contribution < 1.29 is 9.59 Å². The van der Waals surface area contributed by atoms with Crippen LogP contribution < -0.4 is 0 Å². The van der Waals surface area contributed by atoms with E-state index in [-0.39, 0.29) is 17.7 Å². The van der Waals surface area contributed by atoms with Crippen molar-refractivity contribution in [2.24, 2.45) is 5.92 Å². The van der Waals surface area contributed by atoms with Crippen molar-refractivity contribution in [3.8, 4) is 0 Å². The van der Waals surface area contributed by atoms with E-state index in [2.05, 4.69) is 22.5 Å². The predicted molar refractivity (Wildman–Crippen MR) is 115 cm³/mol. The Morgan fingerprint density at radius 1 is 1.03 bits per heavy atom. The number of imidazole rings is 1. The Balaban J connectivity index is 1.14. The maximum atomic E-state index is 12.9. The summed E-state index contributed by atoms with van der Waals surface area (Å²) in [4.78, 5) is 34.8. The number of carbonyl (C=O) groups is 2. The largest absolute Gasteiger partial charge is 0.339 e. The second-order valence-electron chi connectivity index (χ2n) is 8.01. The minimum absolute atomic E-state index is 0.0409. The van der Waals surface area contributed by atoms with E-state index >= 15 is 0 Å². The van der Waals surface area contributed by atoms with E-state index < -0.39 is 0 Å². The monoisotopic (exact) mass is 420 g/mol. The van der Waals surface area contributed by atoms with Gasteiger partial charge in [-0.3, -0.25) is 9.59 Å². The van der Waals surface area contributed by atoms with Crippen LogP contribution in [-0.4, -0.2) is 57.3 Å². The van der Waals surface area contributed by atoms with Gasteiger partial charge in [0.15, 0.2) is 0 Å². The molecule has 1 aromatic carbocycles. The summed E-state index contributed by atoms with van der Waals surface area (Å²) in [5.41, 5.74) is 1.83. The lowest BCUT2D eigenvalue weighted by molar-refractivity contribution is -0.134. The molecule has 154 valence electrons. The molecule has 2 amide bonds. The first kappa shape index (κ1) is 19.1. The fourth-order valence-corrected chi connectivity index (χ4v) is 5.08. The number of carbonyl (C=O) groups excluding carboxylic acids is 2. The van der Waals surface area contributed by atoms with Gasteiger partial charge in [-0.2, -0.15) is 0 Å². The van der Waals surface area contributed by atoms with Crippen molar-refractivity contribution in [1.82, 2.24) is 19.4 Å². The van der Waals surface area contributed by atoms with Gasteiger partial charge in [0.05, 0.1) is 6.33 Å². The van der Waals surface area contributed by atoms with Crippen LogP contribution in [0.15, 0.2) is 60.5 Å². The van der Waals surface area contributed by atoms with Crippen molar-refractivity contribution in [3.63, 3.8) is 0 Å². The summed E-state index contributed by atoms with van der Waals surface area (Å²) >= 11 is 1.74. The van der Waals surface area contributed by atoms with Gasteiger partial charge in [0.1, 0.15) is 0 Å². The van der Waals surface area contributed by atoms with Crippen molar-refractivity contribution in [1.29, 1.82) is 0 Å². The summed E-state index contributed by atoms with van der Waals surface area (Å²) in [5, 5.41) is 2.07. The summed E-state index contributed by atoms with van der Waals surface area (Å²) in [6, 6.07) is 11.9. The van der Waals surface area contributed by atoms with E-state index in [1.807, 2.05) is 44.8 Å². The van der Waals surface area contributed by atoms with Crippen LogP contribution in [0.5, 0.6) is 0 Å². The number of hydrogen-bond acceptors (Lipinski definition) is 4. The molecule has 0 unspecified atom stereocenters. The first-order valence-corrected chi connectivity index (χ1v) is 11.2. The van der Waals surface area contributed by atoms with Gasteiger partial charge in [0, 0.05) is 67.4 Å². The molecule has 30 heavy (non-hydrogen) atoms. The van der Waals surface area contributed by atoms with Crippen LogP contribution >= 0.6 is 11.3 Å². The Labute approximate surface area is 179 Å². The predicted octanol–water partition coefficient (Wildman–Crippen LogP) is 3.08. The highest BCUT2D eigenvalue weighted by Crippen LogP contribution is 2.50. The van der Waals surface area contributed by atoms with Crippen LogP contribution in [0.4, 0.5) is 0 Å². The molecular weight excluding hydrogens is 396 g/mol.